The normalized spacial score (nSPS) is 34.5. The van der Waals surface area contributed by atoms with Gasteiger partial charge < -0.3 is 0 Å². The summed E-state index contributed by atoms with van der Waals surface area (Å²) in [6.07, 6.45) is 6.77. The van der Waals surface area contributed by atoms with Gasteiger partial charge in [-0.05, 0) is 36.0 Å². The molecule has 0 heterocycles. The smallest absolute Gasteiger partial charge is 0.00708 e. The highest BCUT2D eigenvalue weighted by Gasteiger charge is 2.55. The molecule has 1 rings (SSSR count). The fourth-order valence-corrected chi connectivity index (χ4v) is 3.53. The molecule has 1 fully saturated rings. The predicted octanol–water partition coefficient (Wildman–Crippen LogP) is 5.18. The third kappa shape index (κ3) is 2.97. The minimum atomic E-state index is 0.539. The lowest BCUT2D eigenvalue weighted by atomic mass is 9.83. The molecule has 0 aromatic carbocycles. The van der Waals surface area contributed by atoms with E-state index < -0.39 is 0 Å². The summed E-state index contributed by atoms with van der Waals surface area (Å²) in [6.45, 7) is 11.9. The predicted molar refractivity (Wildman–Crippen MR) is 77.1 cm³/mol. The number of hydrogen-bond donors (Lipinski definition) is 1. The van der Waals surface area contributed by atoms with Gasteiger partial charge in [-0.3, -0.25) is 0 Å². The Morgan fingerprint density at radius 2 is 1.94 bits per heavy atom. The molecule has 1 heteroatoms. The van der Waals surface area contributed by atoms with E-state index in [1.165, 1.54) is 32.1 Å². The van der Waals surface area contributed by atoms with Crippen LogP contribution in [-0.2, 0) is 0 Å². The Kier molecular flexibility index (Phi) is 5.22. The van der Waals surface area contributed by atoms with E-state index in [9.17, 15) is 0 Å². The fourth-order valence-electron chi connectivity index (χ4n) is 3.24. The molecule has 1 aliphatic carbocycles. The van der Waals surface area contributed by atoms with Crippen molar-refractivity contribution in [3.63, 3.8) is 0 Å². The highest BCUT2D eigenvalue weighted by atomic mass is 32.1. The zero-order chi connectivity index (χ0) is 12.3. The zero-order valence-corrected chi connectivity index (χ0v) is 12.7. The van der Waals surface area contributed by atoms with Gasteiger partial charge in [-0.15, -0.1) is 0 Å². The lowest BCUT2D eigenvalue weighted by Crippen LogP contribution is -2.20. The van der Waals surface area contributed by atoms with E-state index in [1.807, 2.05) is 0 Å². The summed E-state index contributed by atoms with van der Waals surface area (Å²) in [5.74, 6) is 2.71. The van der Waals surface area contributed by atoms with Crippen LogP contribution in [0.5, 0.6) is 0 Å². The largest absolute Gasteiger partial charge is 0.175 e. The van der Waals surface area contributed by atoms with Crippen molar-refractivity contribution in [1.29, 1.82) is 0 Å². The third-order valence-electron chi connectivity index (χ3n) is 5.04. The van der Waals surface area contributed by atoms with Crippen LogP contribution in [0, 0.1) is 23.2 Å². The van der Waals surface area contributed by atoms with Crippen molar-refractivity contribution < 1.29 is 0 Å². The summed E-state index contributed by atoms with van der Waals surface area (Å²) in [6, 6.07) is 0. The zero-order valence-electron chi connectivity index (χ0n) is 11.8. The molecule has 0 saturated heterocycles. The van der Waals surface area contributed by atoms with Crippen molar-refractivity contribution in [2.24, 2.45) is 23.2 Å². The van der Waals surface area contributed by atoms with Crippen molar-refractivity contribution in [2.75, 3.05) is 0 Å². The van der Waals surface area contributed by atoms with Gasteiger partial charge in [0.25, 0.3) is 0 Å². The Morgan fingerprint density at radius 3 is 2.44 bits per heavy atom. The summed E-state index contributed by atoms with van der Waals surface area (Å²) >= 11 is 4.77. The first-order valence-electron chi connectivity index (χ1n) is 7.15. The minimum absolute atomic E-state index is 0.539. The van der Waals surface area contributed by atoms with Gasteiger partial charge >= 0.3 is 0 Å². The average molecular weight is 242 g/mol. The first-order valence-corrected chi connectivity index (χ1v) is 7.67. The molecule has 96 valence electrons. The molecular weight excluding hydrogens is 212 g/mol. The Morgan fingerprint density at radius 1 is 1.31 bits per heavy atom. The summed E-state index contributed by atoms with van der Waals surface area (Å²) in [5.41, 5.74) is 0.539. The van der Waals surface area contributed by atoms with Gasteiger partial charge in [-0.1, -0.05) is 53.9 Å². The minimum Gasteiger partial charge on any atom is -0.175 e. The van der Waals surface area contributed by atoms with Crippen LogP contribution in [0.2, 0.25) is 0 Å². The van der Waals surface area contributed by atoms with E-state index in [0.717, 1.165) is 17.8 Å². The van der Waals surface area contributed by atoms with Crippen molar-refractivity contribution in [1.82, 2.24) is 0 Å². The molecule has 5 atom stereocenters. The van der Waals surface area contributed by atoms with E-state index in [0.29, 0.717) is 10.7 Å². The molecule has 0 aromatic heterocycles. The molecule has 0 amide bonds. The van der Waals surface area contributed by atoms with Crippen LogP contribution in [0.25, 0.3) is 0 Å². The van der Waals surface area contributed by atoms with Gasteiger partial charge in [0.1, 0.15) is 0 Å². The standard InChI is InChI=1S/C15H30S/c1-6-8-9-11(3)12(4)13-10-15(13,5)14(16)7-2/h11-14,16H,6-10H2,1-5H3. The van der Waals surface area contributed by atoms with Gasteiger partial charge in [0.05, 0.1) is 0 Å². The second-order valence-electron chi connectivity index (χ2n) is 6.22. The maximum atomic E-state index is 4.77. The van der Waals surface area contributed by atoms with Crippen LogP contribution >= 0.6 is 12.6 Å². The molecule has 0 bridgehead atoms. The van der Waals surface area contributed by atoms with Crippen molar-refractivity contribution in [2.45, 2.75) is 72.0 Å². The van der Waals surface area contributed by atoms with Gasteiger partial charge in [-0.2, -0.15) is 12.6 Å². The van der Waals surface area contributed by atoms with E-state index in [2.05, 4.69) is 34.6 Å². The quantitative estimate of drug-likeness (QED) is 0.584. The van der Waals surface area contributed by atoms with Gasteiger partial charge in [0.2, 0.25) is 0 Å². The lowest BCUT2D eigenvalue weighted by Gasteiger charge is -2.25. The monoisotopic (exact) mass is 242 g/mol. The van der Waals surface area contributed by atoms with Gasteiger partial charge in [-0.25, -0.2) is 0 Å². The maximum absolute atomic E-state index is 4.77. The fraction of sp³-hybridized carbons (Fsp3) is 1.00. The molecule has 0 aliphatic heterocycles. The Labute approximate surface area is 108 Å². The molecule has 0 spiro atoms. The summed E-state index contributed by atoms with van der Waals surface area (Å²) in [7, 11) is 0. The lowest BCUT2D eigenvalue weighted by molar-refractivity contribution is 0.278. The Balaban J connectivity index is 2.43. The molecular formula is C15H30S. The Hall–Kier alpha value is 0.350. The highest BCUT2D eigenvalue weighted by molar-refractivity contribution is 7.81. The van der Waals surface area contributed by atoms with Crippen LogP contribution in [-0.4, -0.2) is 5.25 Å². The van der Waals surface area contributed by atoms with E-state index in [-0.39, 0.29) is 0 Å². The first-order chi connectivity index (χ1) is 7.47. The summed E-state index contributed by atoms with van der Waals surface area (Å²) in [5, 5.41) is 0.610. The van der Waals surface area contributed by atoms with E-state index in [4.69, 9.17) is 12.6 Å². The van der Waals surface area contributed by atoms with Crippen LogP contribution in [0.15, 0.2) is 0 Å². The molecule has 0 N–H and O–H groups in total. The van der Waals surface area contributed by atoms with Crippen LogP contribution < -0.4 is 0 Å². The van der Waals surface area contributed by atoms with Crippen molar-refractivity contribution in [3.05, 3.63) is 0 Å². The number of rotatable bonds is 7. The van der Waals surface area contributed by atoms with Crippen molar-refractivity contribution >= 4 is 12.6 Å². The van der Waals surface area contributed by atoms with Gasteiger partial charge in [0, 0.05) is 5.25 Å². The van der Waals surface area contributed by atoms with Crippen LogP contribution in [0.3, 0.4) is 0 Å². The number of thiol groups is 1. The summed E-state index contributed by atoms with van der Waals surface area (Å²) in [4.78, 5) is 0. The van der Waals surface area contributed by atoms with Crippen molar-refractivity contribution in [3.8, 4) is 0 Å². The first kappa shape index (κ1) is 14.4. The molecule has 0 radical (unpaired) electrons. The molecule has 5 unspecified atom stereocenters. The highest BCUT2D eigenvalue weighted by Crippen LogP contribution is 2.62. The van der Waals surface area contributed by atoms with Gasteiger partial charge in [0.15, 0.2) is 0 Å². The maximum Gasteiger partial charge on any atom is 0.00708 e. The van der Waals surface area contributed by atoms with E-state index >= 15 is 0 Å². The average Bonchev–Trinajstić information content (AvgIpc) is 2.97. The molecule has 1 saturated carbocycles. The Bertz CT molecular complexity index is 213. The molecule has 0 nitrogen and oxygen atoms in total. The SMILES string of the molecule is CCCCC(C)C(C)C1CC1(C)C(S)CC. The second-order valence-corrected chi connectivity index (χ2v) is 6.84. The third-order valence-corrected chi connectivity index (χ3v) is 5.99. The van der Waals surface area contributed by atoms with Crippen LogP contribution in [0.1, 0.15) is 66.7 Å². The number of hydrogen-bond acceptors (Lipinski definition) is 1. The number of unbranched alkanes of at least 4 members (excludes halogenated alkanes) is 1. The molecule has 0 aromatic rings. The molecule has 1 aliphatic rings. The molecule has 16 heavy (non-hydrogen) atoms. The topological polar surface area (TPSA) is 0 Å². The second kappa shape index (κ2) is 5.80. The van der Waals surface area contributed by atoms with E-state index in [1.54, 1.807) is 0 Å². The van der Waals surface area contributed by atoms with Crippen LogP contribution in [0.4, 0.5) is 0 Å². The summed E-state index contributed by atoms with van der Waals surface area (Å²) < 4.78 is 0.